The van der Waals surface area contributed by atoms with Crippen LogP contribution in [0.1, 0.15) is 170 Å². The van der Waals surface area contributed by atoms with Gasteiger partial charge in [0.25, 0.3) is 0 Å². The first kappa shape index (κ1) is 102. The van der Waals surface area contributed by atoms with E-state index in [9.17, 15) is 47.9 Å². The monoisotopic (exact) mass is 1870 g/mol. The Hall–Kier alpha value is -12.3. The fourth-order valence-electron chi connectivity index (χ4n) is 16.8. The molecule has 0 saturated carbocycles. The Morgan fingerprint density at radius 2 is 0.852 bits per heavy atom. The number of allylic oxidation sites excluding steroid dienone is 2. The average molecular weight is 1870 g/mol. The topological polar surface area (TPSA) is 315 Å². The van der Waals surface area contributed by atoms with E-state index in [0.29, 0.717) is 124 Å². The Morgan fingerprint density at radius 1 is 0.452 bits per heavy atom. The van der Waals surface area contributed by atoms with Crippen molar-refractivity contribution >= 4 is 170 Å². The van der Waals surface area contributed by atoms with Crippen LogP contribution in [-0.4, -0.2) is 250 Å². The largest absolute Gasteiger partial charge is 0.469 e. The van der Waals surface area contributed by atoms with Crippen LogP contribution in [0.4, 0.5) is 0 Å². The predicted molar refractivity (Wildman–Crippen MR) is 531 cm³/mol. The molecule has 3 aliphatic heterocycles. The number of rotatable bonds is 39. The number of benzene rings is 8. The number of aryl methyl sites for hydroxylation is 1. The lowest BCUT2D eigenvalue weighted by Crippen LogP contribution is -2.54. The second-order valence-electron chi connectivity index (χ2n) is 34.1. The minimum atomic E-state index is -0.719. The number of unbranched alkanes of at least 4 members (excludes halogenated alkanes) is 1. The maximum atomic E-state index is 13.8. The van der Waals surface area contributed by atoms with E-state index in [2.05, 4.69) is 63.4 Å². The number of thiocarbonyl (C=S) groups is 1. The molecule has 0 aliphatic carbocycles. The molecular weight excluding hydrogens is 1760 g/mol. The van der Waals surface area contributed by atoms with E-state index in [4.69, 9.17) is 55.2 Å². The predicted octanol–water partition coefficient (Wildman–Crippen LogP) is 17.6. The molecule has 0 bridgehead atoms. The third-order valence-corrected chi connectivity index (χ3v) is 25.8. The highest BCUT2D eigenvalue weighted by atomic mass is 32.2. The number of para-hydroxylation sites is 2. The van der Waals surface area contributed by atoms with Gasteiger partial charge in [-0.15, -0.1) is 0 Å². The molecule has 135 heavy (non-hydrogen) atoms. The number of ether oxygens (including phenoxy) is 6. The van der Waals surface area contributed by atoms with E-state index in [-0.39, 0.29) is 65.5 Å². The van der Waals surface area contributed by atoms with Gasteiger partial charge in [0, 0.05) is 165 Å². The van der Waals surface area contributed by atoms with Crippen LogP contribution in [0.2, 0.25) is 0 Å². The number of methoxy groups -OCH3 is 2. The van der Waals surface area contributed by atoms with Crippen LogP contribution in [0.15, 0.2) is 210 Å². The number of ketones is 6. The average Bonchev–Trinajstić information content (AvgIpc) is 1.60. The number of carbonyl (C=O) groups excluding carboxylic acids is 10. The summed E-state index contributed by atoms with van der Waals surface area (Å²) in [7, 11) is 2.57. The van der Waals surface area contributed by atoms with Crippen molar-refractivity contribution in [3.05, 3.63) is 228 Å². The number of Topliss-reactive ketones (excluding diaryl/α,β-unsaturated/α-hetero) is 6. The second-order valence-corrected chi connectivity index (χ2v) is 36.0. The molecule has 28 nitrogen and oxygen atoms in total. The quantitative estimate of drug-likeness (QED) is 0.00397. The highest BCUT2D eigenvalue weighted by molar-refractivity contribution is 7.99. The summed E-state index contributed by atoms with van der Waals surface area (Å²) in [6, 6.07) is 53.1. The number of nitrogens with zero attached hydrogens (tertiary/aromatic N) is 9. The molecule has 0 radical (unpaired) electrons. The summed E-state index contributed by atoms with van der Waals surface area (Å²) < 4.78 is 38.0. The van der Waals surface area contributed by atoms with Gasteiger partial charge in [-0.25, -0.2) is 14.4 Å². The van der Waals surface area contributed by atoms with Crippen molar-refractivity contribution in [2.75, 3.05) is 124 Å². The maximum Gasteiger partial charge on any atom is 0.360 e. The summed E-state index contributed by atoms with van der Waals surface area (Å²) in [5.74, 6) is -2.36. The number of oxime groups is 3. The molecule has 3 aromatic heterocycles. The van der Waals surface area contributed by atoms with Gasteiger partial charge in [-0.3, -0.25) is 48.3 Å². The van der Waals surface area contributed by atoms with Crippen LogP contribution >= 0.6 is 24.0 Å². The van der Waals surface area contributed by atoms with Crippen molar-refractivity contribution in [2.45, 2.75) is 131 Å². The van der Waals surface area contributed by atoms with Crippen molar-refractivity contribution in [1.29, 1.82) is 0 Å². The minimum Gasteiger partial charge on any atom is -0.469 e. The lowest BCUT2D eigenvalue weighted by Gasteiger charge is -2.39. The van der Waals surface area contributed by atoms with Crippen LogP contribution in [-0.2, 0) is 68.7 Å². The fraction of sp³-hybridized carbons (Fsp3) is 0.371. The highest BCUT2D eigenvalue weighted by Gasteiger charge is 2.40. The van der Waals surface area contributed by atoms with Gasteiger partial charge in [0.2, 0.25) is 17.3 Å². The number of carbonyl (C=O) groups is 10. The maximum absolute atomic E-state index is 13.8. The first-order valence-corrected chi connectivity index (χ1v) is 47.0. The molecule has 0 spiro atoms. The van der Waals surface area contributed by atoms with Crippen LogP contribution < -0.4 is 0 Å². The SMILES string of the molecule is C=C/C=C/C(=O)O/N=C(\CCSCC)C(=O)c1ccc2c(c1)c1cc(C(=O)C(C)(C)N3CCOCC3)ccc1n2CC.CCC(=S)CC(=O)O/N=C(\CC(=O)OC)C(=O)c1ccc(-n2c3ccccc3c3cc(C(=O)C(C)(C)N4CCOCC4)ccc32)cc1.CCCCOC/C(=N\OC(=O)COC)C(=O)c1ccc(-n2c3ccccc3c3cc(C(=O)C(C)(C)N4CCOCC4)ccc32)cc1. The van der Waals surface area contributed by atoms with Crippen LogP contribution in [0.3, 0.4) is 0 Å². The molecule has 14 rings (SSSR count). The molecule has 11 aromatic rings. The van der Waals surface area contributed by atoms with Crippen molar-refractivity contribution in [2.24, 2.45) is 15.5 Å². The van der Waals surface area contributed by atoms with Gasteiger partial charge in [0.15, 0.2) is 23.1 Å². The molecule has 3 aliphatic rings. The van der Waals surface area contributed by atoms with Crippen molar-refractivity contribution < 1.29 is 90.9 Å². The lowest BCUT2D eigenvalue weighted by molar-refractivity contribution is -0.148. The normalized spacial score (nSPS) is 14.6. The molecule has 0 atom stereocenters. The van der Waals surface area contributed by atoms with Gasteiger partial charge < -0.3 is 56.6 Å². The molecular formula is C105H117N9O19S2. The van der Waals surface area contributed by atoms with E-state index in [0.717, 1.165) is 115 Å². The molecule has 3 fully saturated rings. The summed E-state index contributed by atoms with van der Waals surface area (Å²) in [4.78, 5) is 152. The van der Waals surface area contributed by atoms with Crippen molar-refractivity contribution in [1.82, 2.24) is 28.4 Å². The first-order chi connectivity index (χ1) is 65.0. The lowest BCUT2D eigenvalue weighted by atomic mass is 9.90. The zero-order valence-electron chi connectivity index (χ0n) is 78.7. The van der Waals surface area contributed by atoms with E-state index in [1.54, 1.807) is 54.2 Å². The molecule has 6 heterocycles. The Labute approximate surface area is 794 Å². The van der Waals surface area contributed by atoms with Crippen molar-refractivity contribution in [3.8, 4) is 11.4 Å². The van der Waals surface area contributed by atoms with Gasteiger partial charge in [0.05, 0.1) is 105 Å². The third-order valence-electron chi connectivity index (χ3n) is 24.4. The van der Waals surface area contributed by atoms with E-state index < -0.39 is 58.5 Å². The van der Waals surface area contributed by atoms with Gasteiger partial charge in [-0.05, 0) is 206 Å². The number of hydrogen-bond acceptors (Lipinski definition) is 27. The Morgan fingerprint density at radius 3 is 1.29 bits per heavy atom. The van der Waals surface area contributed by atoms with E-state index in [1.807, 2.05) is 184 Å². The molecule has 0 amide bonds. The summed E-state index contributed by atoms with van der Waals surface area (Å²) in [6.07, 6.45) is 6.17. The number of morpholine rings is 3. The van der Waals surface area contributed by atoms with Crippen LogP contribution in [0, 0.1) is 0 Å². The standard InChI is InChI=1S/C36H37N3O7S.C36H41N3O7.C33H39N3O5S/c1-5-26(47)21-33(41)46-37-29(22-32(40)44-4)34(42)23-10-13-25(14-11-23)39-30-9-7-6-8-27(30)28-20-24(12-15-31(28)39)35(43)36(2,3)38-16-18-45-19-17-38;1-5-6-19-45-23-30(37-46-33(40)24-43-4)34(41)25-11-14-27(15-12-25)39-31-10-8-7-9-28(31)29-22-26(13-16-32(29)39)35(42)36(2,3)38-17-20-44-21-18-38;1-6-9-10-30(37)41-34-27(15-20-42-8-3)31(38)23-11-13-28-25(21-23)26-22-24(12-14-29(26)36(28)7-2)32(39)33(4,5)35-16-18-40-19-17-35/h6-15,20H,5,16-19,21-22H2,1-4H3;7-16,22H,5-6,17-21,23-24H2,1-4H3;6,9-14,21-22H,1,7-8,15-20H2,2-5H3/b37-29+;37-30+;10-9+,34-27+. The van der Waals surface area contributed by atoms with Gasteiger partial charge in [-0.1, -0.05) is 110 Å². The fourth-order valence-corrected chi connectivity index (χ4v) is 17.5. The number of fused-ring (bicyclic) bond motifs is 9. The Bertz CT molecular complexity index is 6380. The van der Waals surface area contributed by atoms with Crippen molar-refractivity contribution in [3.63, 3.8) is 0 Å². The number of thioether (sulfide) groups is 1. The smallest absolute Gasteiger partial charge is 0.360 e. The second kappa shape index (κ2) is 47.2. The van der Waals surface area contributed by atoms with E-state index >= 15 is 0 Å². The Kier molecular flexibility index (Phi) is 35.6. The van der Waals surface area contributed by atoms with E-state index in [1.165, 1.54) is 32.4 Å². The molecule has 30 heteroatoms. The third kappa shape index (κ3) is 24.1. The molecule has 0 unspecified atom stereocenters. The summed E-state index contributed by atoms with van der Waals surface area (Å²) in [5.41, 5.74) is 8.21. The zero-order chi connectivity index (χ0) is 96.7. The number of hydrogen-bond donors (Lipinski definition) is 0. The number of aromatic nitrogens is 3. The Balaban J connectivity index is 0.000000183. The highest BCUT2D eigenvalue weighted by Crippen LogP contribution is 2.39. The minimum absolute atomic E-state index is 0.0117. The molecule has 3 saturated heterocycles. The van der Waals surface area contributed by atoms with Crippen LogP contribution in [0.5, 0.6) is 0 Å². The first-order valence-electron chi connectivity index (χ1n) is 45.5. The summed E-state index contributed by atoms with van der Waals surface area (Å²) >= 11 is 6.75. The zero-order valence-corrected chi connectivity index (χ0v) is 80.3. The summed E-state index contributed by atoms with van der Waals surface area (Å²) in [5, 5.41) is 17.2. The summed E-state index contributed by atoms with van der Waals surface area (Å²) in [6.45, 7) is 32.1. The molecule has 0 N–H and O–H groups in total. The van der Waals surface area contributed by atoms with Gasteiger partial charge in [0.1, 0.15) is 18.0 Å². The van der Waals surface area contributed by atoms with Gasteiger partial charge in [-0.2, -0.15) is 11.8 Å². The molecule has 708 valence electrons. The number of esters is 1. The van der Waals surface area contributed by atoms with Crippen LogP contribution in [0.25, 0.3) is 76.8 Å². The van der Waals surface area contributed by atoms with Gasteiger partial charge >= 0.3 is 23.9 Å². The molecule has 8 aromatic carbocycles.